The lowest BCUT2D eigenvalue weighted by atomic mass is 10.1. The molecular weight excluding hydrogens is 216 g/mol. The second-order valence-corrected chi connectivity index (χ2v) is 3.89. The van der Waals surface area contributed by atoms with Crippen LogP contribution in [0.1, 0.15) is 23.7 Å². The van der Waals surface area contributed by atoms with Crippen LogP contribution in [0.4, 0.5) is 5.69 Å². The third-order valence-corrected chi connectivity index (χ3v) is 2.62. The summed E-state index contributed by atoms with van der Waals surface area (Å²) in [7, 11) is 5.20. The van der Waals surface area contributed by atoms with Crippen molar-refractivity contribution < 1.29 is 9.53 Å². The molecule has 0 aliphatic heterocycles. The van der Waals surface area contributed by atoms with Gasteiger partial charge in [-0.2, -0.15) is 0 Å². The van der Waals surface area contributed by atoms with Gasteiger partial charge >= 0.3 is 0 Å². The molecule has 0 saturated carbocycles. The van der Waals surface area contributed by atoms with Crippen LogP contribution in [0.25, 0.3) is 0 Å². The van der Waals surface area contributed by atoms with Gasteiger partial charge in [-0.1, -0.05) is 6.92 Å². The first kappa shape index (κ1) is 13.4. The molecule has 1 rings (SSSR count). The lowest BCUT2D eigenvalue weighted by Crippen LogP contribution is -2.27. The van der Waals surface area contributed by atoms with E-state index in [1.165, 1.54) is 0 Å². The molecule has 1 N–H and O–H groups in total. The number of nitrogens with zero attached hydrogens (tertiary/aromatic N) is 1. The van der Waals surface area contributed by atoms with Crippen molar-refractivity contribution in [1.29, 1.82) is 0 Å². The summed E-state index contributed by atoms with van der Waals surface area (Å²) in [5.74, 6) is 0.595. The third-order valence-electron chi connectivity index (χ3n) is 2.62. The molecule has 0 unspecified atom stereocenters. The highest BCUT2D eigenvalue weighted by molar-refractivity contribution is 5.97. The number of benzene rings is 1. The molecule has 0 heterocycles. The van der Waals surface area contributed by atoms with Crippen molar-refractivity contribution in [2.75, 3.05) is 33.1 Å². The van der Waals surface area contributed by atoms with Gasteiger partial charge in [0.15, 0.2) is 0 Å². The van der Waals surface area contributed by atoms with Crippen LogP contribution in [0.2, 0.25) is 0 Å². The van der Waals surface area contributed by atoms with Crippen molar-refractivity contribution in [3.8, 4) is 5.75 Å². The number of hydrogen-bond acceptors (Lipinski definition) is 3. The summed E-state index contributed by atoms with van der Waals surface area (Å²) >= 11 is 0. The van der Waals surface area contributed by atoms with E-state index >= 15 is 0 Å². The fourth-order valence-corrected chi connectivity index (χ4v) is 1.67. The van der Waals surface area contributed by atoms with E-state index in [1.54, 1.807) is 25.1 Å². The van der Waals surface area contributed by atoms with Gasteiger partial charge < -0.3 is 15.0 Å². The molecule has 1 aromatic rings. The molecule has 0 atom stereocenters. The first-order valence-corrected chi connectivity index (χ1v) is 5.75. The van der Waals surface area contributed by atoms with E-state index < -0.39 is 0 Å². The summed E-state index contributed by atoms with van der Waals surface area (Å²) in [5, 5.41) is 3.02. The van der Waals surface area contributed by atoms with Gasteiger partial charge in [-0.25, -0.2) is 0 Å². The molecule has 94 valence electrons. The van der Waals surface area contributed by atoms with Gasteiger partial charge in [0.25, 0.3) is 5.91 Å². The molecular formula is C13H20N2O2. The number of anilines is 1. The molecule has 0 fully saturated rings. The maximum atomic E-state index is 12.2. The number of methoxy groups -OCH3 is 1. The fourth-order valence-electron chi connectivity index (χ4n) is 1.67. The van der Waals surface area contributed by atoms with Gasteiger partial charge in [0.1, 0.15) is 5.75 Å². The number of ether oxygens (including phenoxy) is 1. The van der Waals surface area contributed by atoms with E-state index in [4.69, 9.17) is 4.74 Å². The van der Waals surface area contributed by atoms with Gasteiger partial charge in [0.05, 0.1) is 12.7 Å². The van der Waals surface area contributed by atoms with Crippen LogP contribution >= 0.6 is 0 Å². The van der Waals surface area contributed by atoms with Crippen molar-refractivity contribution in [3.63, 3.8) is 0 Å². The Morgan fingerprint density at radius 3 is 2.71 bits per heavy atom. The molecule has 0 aliphatic rings. The zero-order valence-corrected chi connectivity index (χ0v) is 10.9. The first-order valence-electron chi connectivity index (χ1n) is 5.75. The van der Waals surface area contributed by atoms with Gasteiger partial charge in [0, 0.05) is 26.3 Å². The standard InChI is InChI=1S/C13H20N2O2/c1-5-8-15(3)13(16)11-9-10(14-2)6-7-12(11)17-4/h6-7,9,14H,5,8H2,1-4H3. The van der Waals surface area contributed by atoms with Crippen LogP contribution in [0.15, 0.2) is 18.2 Å². The fraction of sp³-hybridized carbons (Fsp3) is 0.462. The van der Waals surface area contributed by atoms with Gasteiger partial charge in [-0.3, -0.25) is 4.79 Å². The molecule has 4 nitrogen and oxygen atoms in total. The Morgan fingerprint density at radius 1 is 1.47 bits per heavy atom. The summed E-state index contributed by atoms with van der Waals surface area (Å²) in [4.78, 5) is 13.9. The predicted octanol–water partition coefficient (Wildman–Crippen LogP) is 2.22. The summed E-state index contributed by atoms with van der Waals surface area (Å²) < 4.78 is 5.22. The number of hydrogen-bond donors (Lipinski definition) is 1. The highest BCUT2D eigenvalue weighted by Crippen LogP contribution is 2.23. The highest BCUT2D eigenvalue weighted by Gasteiger charge is 2.16. The van der Waals surface area contributed by atoms with E-state index in [0.717, 1.165) is 18.7 Å². The number of rotatable bonds is 5. The van der Waals surface area contributed by atoms with Crippen LogP contribution in [0, 0.1) is 0 Å². The smallest absolute Gasteiger partial charge is 0.257 e. The number of amides is 1. The quantitative estimate of drug-likeness (QED) is 0.852. The molecule has 0 bridgehead atoms. The summed E-state index contributed by atoms with van der Waals surface area (Å²) in [6, 6.07) is 5.50. The Morgan fingerprint density at radius 2 is 2.18 bits per heavy atom. The minimum Gasteiger partial charge on any atom is -0.496 e. The summed E-state index contributed by atoms with van der Waals surface area (Å²) in [5.41, 5.74) is 1.49. The average molecular weight is 236 g/mol. The molecule has 0 spiro atoms. The molecule has 0 saturated heterocycles. The van der Waals surface area contributed by atoms with Crippen LogP contribution in [-0.2, 0) is 0 Å². The Balaban J connectivity index is 3.05. The highest BCUT2D eigenvalue weighted by atomic mass is 16.5. The van der Waals surface area contributed by atoms with Crippen molar-refractivity contribution in [3.05, 3.63) is 23.8 Å². The lowest BCUT2D eigenvalue weighted by Gasteiger charge is -2.18. The minimum absolute atomic E-state index is 0.0131. The predicted molar refractivity (Wildman–Crippen MR) is 69.8 cm³/mol. The second kappa shape index (κ2) is 6.13. The topological polar surface area (TPSA) is 41.6 Å². The maximum Gasteiger partial charge on any atom is 0.257 e. The third kappa shape index (κ3) is 3.12. The van der Waals surface area contributed by atoms with Crippen LogP contribution < -0.4 is 10.1 Å². The second-order valence-electron chi connectivity index (χ2n) is 3.89. The monoisotopic (exact) mass is 236 g/mol. The van der Waals surface area contributed by atoms with E-state index in [9.17, 15) is 4.79 Å². The number of carbonyl (C=O) groups is 1. The first-order chi connectivity index (χ1) is 8.13. The molecule has 0 aliphatic carbocycles. The van der Waals surface area contributed by atoms with Crippen molar-refractivity contribution in [2.45, 2.75) is 13.3 Å². The van der Waals surface area contributed by atoms with E-state index in [2.05, 4.69) is 5.32 Å². The van der Waals surface area contributed by atoms with Crippen molar-refractivity contribution >= 4 is 11.6 Å². The summed E-state index contributed by atoms with van der Waals surface area (Å²) in [6.45, 7) is 2.79. The van der Waals surface area contributed by atoms with E-state index in [0.29, 0.717) is 11.3 Å². The SMILES string of the molecule is CCCN(C)C(=O)c1cc(NC)ccc1OC. The van der Waals surface area contributed by atoms with Crippen LogP contribution in [0.3, 0.4) is 0 Å². The van der Waals surface area contributed by atoms with Crippen molar-refractivity contribution in [1.82, 2.24) is 4.90 Å². The Kier molecular flexibility index (Phi) is 4.82. The maximum absolute atomic E-state index is 12.2. The van der Waals surface area contributed by atoms with E-state index in [1.807, 2.05) is 26.1 Å². The number of carbonyl (C=O) groups excluding carboxylic acids is 1. The Bertz CT molecular complexity index is 391. The van der Waals surface area contributed by atoms with Gasteiger partial charge in [-0.15, -0.1) is 0 Å². The molecule has 1 amide bonds. The Hall–Kier alpha value is -1.71. The molecule has 0 radical (unpaired) electrons. The Labute approximate surface area is 103 Å². The zero-order valence-electron chi connectivity index (χ0n) is 10.9. The largest absolute Gasteiger partial charge is 0.496 e. The van der Waals surface area contributed by atoms with Crippen LogP contribution in [0.5, 0.6) is 5.75 Å². The van der Waals surface area contributed by atoms with Gasteiger partial charge in [0.2, 0.25) is 0 Å². The normalized spacial score (nSPS) is 9.88. The summed E-state index contributed by atoms with van der Waals surface area (Å²) in [6.07, 6.45) is 0.941. The minimum atomic E-state index is -0.0131. The average Bonchev–Trinajstić information content (AvgIpc) is 2.37. The molecule has 1 aromatic carbocycles. The van der Waals surface area contributed by atoms with Gasteiger partial charge in [-0.05, 0) is 24.6 Å². The van der Waals surface area contributed by atoms with Crippen molar-refractivity contribution in [2.24, 2.45) is 0 Å². The molecule has 4 heteroatoms. The molecule has 17 heavy (non-hydrogen) atoms. The number of nitrogens with one attached hydrogen (secondary N) is 1. The van der Waals surface area contributed by atoms with E-state index in [-0.39, 0.29) is 5.91 Å². The van der Waals surface area contributed by atoms with Crippen LogP contribution in [-0.4, -0.2) is 38.6 Å². The molecule has 0 aromatic heterocycles. The lowest BCUT2D eigenvalue weighted by molar-refractivity contribution is 0.0792. The zero-order chi connectivity index (χ0) is 12.8.